The number of nitrogens with zero attached hydrogens (tertiary/aromatic N) is 1. The van der Waals surface area contributed by atoms with Crippen LogP contribution in [0, 0.1) is 5.92 Å². The maximum atomic E-state index is 10.9. The van der Waals surface area contributed by atoms with Crippen LogP contribution < -0.4 is 4.74 Å². The molecule has 0 spiro atoms. The van der Waals surface area contributed by atoms with Gasteiger partial charge in [-0.05, 0) is 44.0 Å². The highest BCUT2D eigenvalue weighted by molar-refractivity contribution is 5.87. The van der Waals surface area contributed by atoms with Crippen molar-refractivity contribution >= 4 is 5.97 Å². The first-order chi connectivity index (χ1) is 10.1. The Balaban J connectivity index is 1.70. The summed E-state index contributed by atoms with van der Waals surface area (Å²) in [5, 5.41) is 8.93. The Morgan fingerprint density at radius 1 is 1.52 bits per heavy atom. The zero-order valence-corrected chi connectivity index (χ0v) is 12.5. The van der Waals surface area contributed by atoms with E-state index in [1.165, 1.54) is 6.42 Å². The lowest BCUT2D eigenvalue weighted by Crippen LogP contribution is -2.33. The number of aromatic carboxylic acids is 1. The summed E-state index contributed by atoms with van der Waals surface area (Å²) in [6.45, 7) is 4.12. The van der Waals surface area contributed by atoms with Gasteiger partial charge in [-0.3, -0.25) is 0 Å². The van der Waals surface area contributed by atoms with Gasteiger partial charge in [0.25, 0.3) is 0 Å². The van der Waals surface area contributed by atoms with Crippen molar-refractivity contribution in [3.05, 3.63) is 29.8 Å². The van der Waals surface area contributed by atoms with Crippen LogP contribution >= 0.6 is 0 Å². The second-order valence-electron chi connectivity index (χ2n) is 5.53. The number of carboxylic acid groups (broad SMARTS) is 1. The fourth-order valence-corrected chi connectivity index (χ4v) is 2.52. The molecule has 1 aromatic carbocycles. The Morgan fingerprint density at radius 2 is 2.38 bits per heavy atom. The molecule has 1 fully saturated rings. The van der Waals surface area contributed by atoms with Gasteiger partial charge in [-0.15, -0.1) is 0 Å². The van der Waals surface area contributed by atoms with Crippen LogP contribution in [0.5, 0.6) is 5.75 Å². The Labute approximate surface area is 125 Å². The molecule has 1 N–H and O–H groups in total. The predicted molar refractivity (Wildman–Crippen MR) is 79.9 cm³/mol. The molecule has 1 aliphatic heterocycles. The highest BCUT2D eigenvalue weighted by atomic mass is 16.5. The van der Waals surface area contributed by atoms with Gasteiger partial charge in [-0.2, -0.15) is 0 Å². The van der Waals surface area contributed by atoms with Gasteiger partial charge in [-0.25, -0.2) is 4.79 Å². The molecular formula is C16H23NO4. The molecule has 5 heteroatoms. The summed E-state index contributed by atoms with van der Waals surface area (Å²) in [6, 6.07) is 6.59. The highest BCUT2D eigenvalue weighted by Gasteiger charge is 2.15. The molecule has 1 atom stereocenters. The lowest BCUT2D eigenvalue weighted by molar-refractivity contribution is 0.0405. The van der Waals surface area contributed by atoms with Crippen LogP contribution in [0.25, 0.3) is 0 Å². The Bertz CT molecular complexity index is 457. The molecule has 1 unspecified atom stereocenters. The Hall–Kier alpha value is -1.59. The number of carboxylic acids is 1. The van der Waals surface area contributed by atoms with Crippen molar-refractivity contribution in [1.82, 2.24) is 4.90 Å². The predicted octanol–water partition coefficient (Wildman–Crippen LogP) is 2.12. The fourth-order valence-electron chi connectivity index (χ4n) is 2.52. The maximum absolute atomic E-state index is 10.9. The first-order valence-corrected chi connectivity index (χ1v) is 7.37. The van der Waals surface area contributed by atoms with E-state index in [1.807, 2.05) is 0 Å². The molecular weight excluding hydrogens is 270 g/mol. The van der Waals surface area contributed by atoms with E-state index in [4.69, 9.17) is 14.6 Å². The molecule has 116 valence electrons. The number of carbonyl (C=O) groups is 1. The molecule has 1 saturated heterocycles. The van der Waals surface area contributed by atoms with E-state index in [2.05, 4.69) is 11.9 Å². The van der Waals surface area contributed by atoms with Crippen molar-refractivity contribution in [1.29, 1.82) is 0 Å². The lowest BCUT2D eigenvalue weighted by atomic mass is 10.0. The lowest BCUT2D eigenvalue weighted by Gasteiger charge is -2.27. The minimum Gasteiger partial charge on any atom is -0.492 e. The molecule has 0 radical (unpaired) electrons. The Morgan fingerprint density at radius 3 is 3.10 bits per heavy atom. The minimum absolute atomic E-state index is 0.250. The molecule has 2 rings (SSSR count). The maximum Gasteiger partial charge on any atom is 0.335 e. The largest absolute Gasteiger partial charge is 0.492 e. The second-order valence-corrected chi connectivity index (χ2v) is 5.53. The third-order valence-electron chi connectivity index (χ3n) is 3.65. The quantitative estimate of drug-likeness (QED) is 0.834. The Kier molecular flexibility index (Phi) is 6.02. The zero-order valence-electron chi connectivity index (χ0n) is 12.5. The number of hydrogen-bond acceptors (Lipinski definition) is 4. The van der Waals surface area contributed by atoms with Crippen LogP contribution in [-0.4, -0.2) is 55.9 Å². The fraction of sp³-hybridized carbons (Fsp3) is 0.562. The van der Waals surface area contributed by atoms with E-state index in [0.717, 1.165) is 32.7 Å². The van der Waals surface area contributed by atoms with Gasteiger partial charge in [0.05, 0.1) is 12.2 Å². The summed E-state index contributed by atoms with van der Waals surface area (Å²) >= 11 is 0. The van der Waals surface area contributed by atoms with Gasteiger partial charge >= 0.3 is 5.97 Å². The average molecular weight is 293 g/mol. The van der Waals surface area contributed by atoms with Gasteiger partial charge in [0.15, 0.2) is 0 Å². The van der Waals surface area contributed by atoms with E-state index in [9.17, 15) is 4.79 Å². The van der Waals surface area contributed by atoms with Gasteiger partial charge in [-0.1, -0.05) is 6.07 Å². The first-order valence-electron chi connectivity index (χ1n) is 7.37. The van der Waals surface area contributed by atoms with Crippen LogP contribution in [0.3, 0.4) is 0 Å². The normalized spacial score (nSPS) is 18.7. The van der Waals surface area contributed by atoms with E-state index in [0.29, 0.717) is 18.3 Å². The number of rotatable bonds is 7. The highest BCUT2D eigenvalue weighted by Crippen LogP contribution is 2.15. The summed E-state index contributed by atoms with van der Waals surface area (Å²) < 4.78 is 11.1. The van der Waals surface area contributed by atoms with Crippen molar-refractivity contribution in [3.63, 3.8) is 0 Å². The van der Waals surface area contributed by atoms with E-state index >= 15 is 0 Å². The van der Waals surface area contributed by atoms with E-state index < -0.39 is 5.97 Å². The smallest absolute Gasteiger partial charge is 0.335 e. The van der Waals surface area contributed by atoms with Crippen LogP contribution in [0.1, 0.15) is 23.2 Å². The topological polar surface area (TPSA) is 59.0 Å². The molecule has 21 heavy (non-hydrogen) atoms. The average Bonchev–Trinajstić information content (AvgIpc) is 2.48. The molecule has 0 saturated carbocycles. The number of benzene rings is 1. The van der Waals surface area contributed by atoms with Crippen LogP contribution in [0.4, 0.5) is 0 Å². The van der Waals surface area contributed by atoms with Crippen LogP contribution in [-0.2, 0) is 4.74 Å². The third-order valence-corrected chi connectivity index (χ3v) is 3.65. The third kappa shape index (κ3) is 5.36. The molecule has 0 aromatic heterocycles. The standard InChI is InChI=1S/C16H23NO4/c1-17(11-13-4-3-8-20-12-13)7-9-21-15-6-2-5-14(10-15)16(18)19/h2,5-6,10,13H,3-4,7-9,11-12H2,1H3,(H,18,19). The van der Waals surface area contributed by atoms with Crippen molar-refractivity contribution in [2.45, 2.75) is 12.8 Å². The van der Waals surface area contributed by atoms with Crippen molar-refractivity contribution in [2.24, 2.45) is 5.92 Å². The molecule has 5 nitrogen and oxygen atoms in total. The molecule has 0 aliphatic carbocycles. The molecule has 1 heterocycles. The first kappa shape index (κ1) is 15.8. The van der Waals surface area contributed by atoms with E-state index in [-0.39, 0.29) is 5.56 Å². The summed E-state index contributed by atoms with van der Waals surface area (Å²) in [6.07, 6.45) is 2.38. The summed E-state index contributed by atoms with van der Waals surface area (Å²) in [7, 11) is 2.08. The number of likely N-dealkylation sites (N-methyl/N-ethyl adjacent to an activating group) is 1. The second kappa shape index (κ2) is 8.00. The van der Waals surface area contributed by atoms with Crippen molar-refractivity contribution in [3.8, 4) is 5.75 Å². The van der Waals surface area contributed by atoms with Crippen LogP contribution in [0.2, 0.25) is 0 Å². The molecule has 0 bridgehead atoms. The summed E-state index contributed by atoms with van der Waals surface area (Å²) in [5.74, 6) is 0.276. The van der Waals surface area contributed by atoms with Gasteiger partial charge in [0.2, 0.25) is 0 Å². The number of ether oxygens (including phenoxy) is 2. The van der Waals surface area contributed by atoms with Crippen molar-refractivity contribution < 1.29 is 19.4 Å². The van der Waals surface area contributed by atoms with Crippen LogP contribution in [0.15, 0.2) is 24.3 Å². The van der Waals surface area contributed by atoms with Crippen molar-refractivity contribution in [2.75, 3.05) is 40.0 Å². The molecule has 0 amide bonds. The zero-order chi connectivity index (χ0) is 15.1. The molecule has 1 aliphatic rings. The monoisotopic (exact) mass is 293 g/mol. The minimum atomic E-state index is -0.935. The summed E-state index contributed by atoms with van der Waals surface area (Å²) in [5.41, 5.74) is 0.250. The molecule has 1 aromatic rings. The number of hydrogen-bond donors (Lipinski definition) is 1. The van der Waals surface area contributed by atoms with Gasteiger partial charge in [0.1, 0.15) is 12.4 Å². The van der Waals surface area contributed by atoms with Gasteiger partial charge < -0.3 is 19.5 Å². The van der Waals surface area contributed by atoms with E-state index in [1.54, 1.807) is 24.3 Å². The van der Waals surface area contributed by atoms with Gasteiger partial charge in [0, 0.05) is 19.7 Å². The SMILES string of the molecule is CN(CCOc1cccc(C(=O)O)c1)CC1CCCOC1. The summed E-state index contributed by atoms with van der Waals surface area (Å²) in [4.78, 5) is 13.1.